The van der Waals surface area contributed by atoms with Crippen LogP contribution in [0.3, 0.4) is 0 Å². The SMILES string of the molecule is Cc1cccc(CNC(=O)CCc2ccc(S(=O)(=O)N(C)C)cc2)c1. The molecule has 0 aliphatic heterocycles. The number of hydrogen-bond acceptors (Lipinski definition) is 3. The third kappa shape index (κ3) is 5.41. The lowest BCUT2D eigenvalue weighted by Gasteiger charge is -2.11. The highest BCUT2D eigenvalue weighted by atomic mass is 32.2. The number of aryl methyl sites for hydroxylation is 2. The predicted octanol–water partition coefficient (Wildman–Crippen LogP) is 2.49. The van der Waals surface area contributed by atoms with E-state index < -0.39 is 10.0 Å². The first-order valence-corrected chi connectivity index (χ1v) is 9.57. The molecule has 1 amide bonds. The van der Waals surface area contributed by atoms with Crippen LogP contribution in [-0.4, -0.2) is 32.7 Å². The number of amides is 1. The molecule has 0 saturated heterocycles. The van der Waals surface area contributed by atoms with Gasteiger partial charge < -0.3 is 5.32 Å². The molecule has 0 bridgehead atoms. The minimum atomic E-state index is -3.41. The third-order valence-corrected chi connectivity index (χ3v) is 5.74. The molecular weight excluding hydrogens is 336 g/mol. The van der Waals surface area contributed by atoms with Gasteiger partial charge in [0.25, 0.3) is 0 Å². The number of carbonyl (C=O) groups is 1. The van der Waals surface area contributed by atoms with Crippen LogP contribution in [0.2, 0.25) is 0 Å². The van der Waals surface area contributed by atoms with E-state index in [2.05, 4.69) is 5.32 Å². The van der Waals surface area contributed by atoms with Crippen LogP contribution in [0.15, 0.2) is 53.4 Å². The Morgan fingerprint density at radius 2 is 1.72 bits per heavy atom. The molecule has 2 rings (SSSR count). The molecule has 0 atom stereocenters. The molecule has 1 N–H and O–H groups in total. The van der Waals surface area contributed by atoms with E-state index in [1.807, 2.05) is 31.2 Å². The van der Waals surface area contributed by atoms with Gasteiger partial charge in [-0.15, -0.1) is 0 Å². The van der Waals surface area contributed by atoms with Gasteiger partial charge in [-0.25, -0.2) is 12.7 Å². The first-order valence-electron chi connectivity index (χ1n) is 8.13. The zero-order chi connectivity index (χ0) is 18.4. The van der Waals surface area contributed by atoms with Crippen LogP contribution < -0.4 is 5.32 Å². The summed E-state index contributed by atoms with van der Waals surface area (Å²) in [6, 6.07) is 14.7. The Kier molecular flexibility index (Phi) is 6.33. The van der Waals surface area contributed by atoms with Gasteiger partial charge in [-0.05, 0) is 36.6 Å². The predicted molar refractivity (Wildman–Crippen MR) is 98.7 cm³/mol. The van der Waals surface area contributed by atoms with Crippen LogP contribution in [0.25, 0.3) is 0 Å². The summed E-state index contributed by atoms with van der Waals surface area (Å²) in [7, 11) is -0.410. The van der Waals surface area contributed by atoms with E-state index in [1.165, 1.54) is 24.0 Å². The van der Waals surface area contributed by atoms with Crippen LogP contribution in [0, 0.1) is 6.92 Å². The number of benzene rings is 2. The second kappa shape index (κ2) is 8.27. The highest BCUT2D eigenvalue weighted by Crippen LogP contribution is 2.15. The molecule has 0 saturated carbocycles. The molecule has 2 aromatic rings. The Hall–Kier alpha value is -2.18. The van der Waals surface area contributed by atoms with Crippen LogP contribution in [0.4, 0.5) is 0 Å². The maximum Gasteiger partial charge on any atom is 0.242 e. The van der Waals surface area contributed by atoms with Crippen molar-refractivity contribution in [1.29, 1.82) is 0 Å². The molecule has 134 valence electrons. The standard InChI is InChI=1S/C19H24N2O3S/c1-15-5-4-6-17(13-15)14-20-19(22)12-9-16-7-10-18(11-8-16)25(23,24)21(2)3/h4-8,10-11,13H,9,12,14H2,1-3H3,(H,20,22). The molecule has 0 aliphatic rings. The maximum absolute atomic E-state index is 12.0. The average molecular weight is 360 g/mol. The quantitative estimate of drug-likeness (QED) is 0.825. The van der Waals surface area contributed by atoms with E-state index in [0.717, 1.165) is 11.1 Å². The molecular formula is C19H24N2O3S. The first kappa shape index (κ1) is 19.1. The highest BCUT2D eigenvalue weighted by Gasteiger charge is 2.16. The van der Waals surface area contributed by atoms with Crippen molar-refractivity contribution in [3.05, 3.63) is 65.2 Å². The van der Waals surface area contributed by atoms with Gasteiger partial charge in [0.05, 0.1) is 4.90 Å². The van der Waals surface area contributed by atoms with Gasteiger partial charge in [0.2, 0.25) is 15.9 Å². The van der Waals surface area contributed by atoms with E-state index in [4.69, 9.17) is 0 Å². The summed E-state index contributed by atoms with van der Waals surface area (Å²) in [4.78, 5) is 12.2. The monoisotopic (exact) mass is 360 g/mol. The molecule has 0 aliphatic carbocycles. The summed E-state index contributed by atoms with van der Waals surface area (Å²) in [5.74, 6) is -0.0218. The average Bonchev–Trinajstić information content (AvgIpc) is 2.58. The van der Waals surface area contributed by atoms with Crippen molar-refractivity contribution in [2.45, 2.75) is 31.2 Å². The summed E-state index contributed by atoms with van der Waals surface area (Å²) in [6.45, 7) is 2.53. The molecule has 25 heavy (non-hydrogen) atoms. The van der Waals surface area contributed by atoms with Gasteiger partial charge in [0.1, 0.15) is 0 Å². The van der Waals surface area contributed by atoms with Crippen molar-refractivity contribution in [1.82, 2.24) is 9.62 Å². The maximum atomic E-state index is 12.0. The first-order chi connectivity index (χ1) is 11.8. The van der Waals surface area contributed by atoms with E-state index in [9.17, 15) is 13.2 Å². The number of sulfonamides is 1. The lowest BCUT2D eigenvalue weighted by Crippen LogP contribution is -2.23. The van der Waals surface area contributed by atoms with Gasteiger partial charge in [-0.3, -0.25) is 4.79 Å². The van der Waals surface area contributed by atoms with Crippen LogP contribution in [-0.2, 0) is 27.8 Å². The van der Waals surface area contributed by atoms with E-state index in [-0.39, 0.29) is 10.8 Å². The second-order valence-electron chi connectivity index (χ2n) is 6.20. The van der Waals surface area contributed by atoms with Crippen LogP contribution >= 0.6 is 0 Å². The van der Waals surface area contributed by atoms with E-state index >= 15 is 0 Å². The smallest absolute Gasteiger partial charge is 0.242 e. The summed E-state index contributed by atoms with van der Waals surface area (Å²) in [6.07, 6.45) is 0.938. The van der Waals surface area contributed by atoms with E-state index in [1.54, 1.807) is 24.3 Å². The van der Waals surface area contributed by atoms with Crippen LogP contribution in [0.1, 0.15) is 23.1 Å². The number of hydrogen-bond donors (Lipinski definition) is 1. The van der Waals surface area contributed by atoms with Gasteiger partial charge >= 0.3 is 0 Å². The van der Waals surface area contributed by atoms with Crippen molar-refractivity contribution < 1.29 is 13.2 Å². The zero-order valence-corrected chi connectivity index (χ0v) is 15.6. The van der Waals surface area contributed by atoms with Gasteiger partial charge in [-0.2, -0.15) is 0 Å². The van der Waals surface area contributed by atoms with Crippen LogP contribution in [0.5, 0.6) is 0 Å². The van der Waals surface area contributed by atoms with E-state index in [0.29, 0.717) is 19.4 Å². The molecule has 5 nitrogen and oxygen atoms in total. The fourth-order valence-corrected chi connectivity index (χ4v) is 3.31. The number of rotatable bonds is 7. The topological polar surface area (TPSA) is 66.5 Å². The molecule has 2 aromatic carbocycles. The normalized spacial score (nSPS) is 11.5. The van der Waals surface area contributed by atoms with Crippen molar-refractivity contribution in [3.63, 3.8) is 0 Å². The largest absolute Gasteiger partial charge is 0.352 e. The zero-order valence-electron chi connectivity index (χ0n) is 14.8. The number of nitrogens with zero attached hydrogens (tertiary/aromatic N) is 1. The Balaban J connectivity index is 1.85. The van der Waals surface area contributed by atoms with Crippen molar-refractivity contribution >= 4 is 15.9 Å². The molecule has 6 heteroatoms. The number of nitrogens with one attached hydrogen (secondary N) is 1. The highest BCUT2D eigenvalue weighted by molar-refractivity contribution is 7.89. The van der Waals surface area contributed by atoms with Crippen molar-refractivity contribution in [2.24, 2.45) is 0 Å². The summed E-state index contributed by atoms with van der Waals surface area (Å²) < 4.78 is 25.2. The Bertz CT molecular complexity index is 828. The lowest BCUT2D eigenvalue weighted by atomic mass is 10.1. The second-order valence-corrected chi connectivity index (χ2v) is 8.35. The molecule has 0 radical (unpaired) electrons. The van der Waals surface area contributed by atoms with Crippen molar-refractivity contribution in [3.8, 4) is 0 Å². The third-order valence-electron chi connectivity index (χ3n) is 3.91. The van der Waals surface area contributed by atoms with Gasteiger partial charge in [0, 0.05) is 27.1 Å². The summed E-state index contributed by atoms with van der Waals surface area (Å²) in [5, 5.41) is 2.91. The van der Waals surface area contributed by atoms with Gasteiger partial charge in [0.15, 0.2) is 0 Å². The molecule has 0 spiro atoms. The lowest BCUT2D eigenvalue weighted by molar-refractivity contribution is -0.121. The minimum Gasteiger partial charge on any atom is -0.352 e. The Labute approximate surface area is 149 Å². The minimum absolute atomic E-state index is 0.0218. The number of carbonyl (C=O) groups excluding carboxylic acids is 1. The summed E-state index contributed by atoms with van der Waals surface area (Å²) in [5.41, 5.74) is 3.18. The molecule has 0 fully saturated rings. The van der Waals surface area contributed by atoms with Crippen molar-refractivity contribution in [2.75, 3.05) is 14.1 Å². The molecule has 0 heterocycles. The fourth-order valence-electron chi connectivity index (χ4n) is 2.41. The molecule has 0 aromatic heterocycles. The Morgan fingerprint density at radius 1 is 1.04 bits per heavy atom. The Morgan fingerprint density at radius 3 is 2.32 bits per heavy atom. The molecule has 0 unspecified atom stereocenters. The van der Waals surface area contributed by atoms with Gasteiger partial charge in [-0.1, -0.05) is 42.0 Å². The fraction of sp³-hybridized carbons (Fsp3) is 0.316. The summed E-state index contributed by atoms with van der Waals surface area (Å²) >= 11 is 0.